The van der Waals surface area contributed by atoms with Crippen LogP contribution in [0.2, 0.25) is 0 Å². The Kier molecular flexibility index (Phi) is 8.36. The van der Waals surface area contributed by atoms with Crippen LogP contribution in [0.4, 0.5) is 0 Å². The van der Waals surface area contributed by atoms with E-state index in [9.17, 15) is 5.11 Å². The molecule has 0 saturated heterocycles. The van der Waals surface area contributed by atoms with Crippen molar-refractivity contribution in [2.75, 3.05) is 19.6 Å². The average molecular weight is 382 g/mol. The van der Waals surface area contributed by atoms with E-state index in [0.717, 1.165) is 31.6 Å². The zero-order chi connectivity index (χ0) is 19.8. The number of aliphatic hydroxyl groups excluding tert-OH is 1. The van der Waals surface area contributed by atoms with Crippen LogP contribution < -0.4 is 0 Å². The van der Waals surface area contributed by atoms with Crippen LogP contribution >= 0.6 is 0 Å². The third-order valence-electron chi connectivity index (χ3n) is 6.35. The number of rotatable bonds is 11. The molecule has 1 aliphatic rings. The van der Waals surface area contributed by atoms with Gasteiger partial charge in [0.1, 0.15) is 0 Å². The zero-order valence-electron chi connectivity index (χ0n) is 18.1. The number of nitrogens with zero attached hydrogens (tertiary/aromatic N) is 1. The predicted octanol–water partition coefficient (Wildman–Crippen LogP) is 6.43. The number of aryl methyl sites for hydroxylation is 2. The molecule has 0 aromatic heterocycles. The molecule has 0 amide bonds. The zero-order valence-corrected chi connectivity index (χ0v) is 18.1. The number of hydrogen-bond acceptors (Lipinski definition) is 2. The molecule has 28 heavy (non-hydrogen) atoms. The van der Waals surface area contributed by atoms with E-state index in [-0.39, 0.29) is 0 Å². The molecule has 0 fully saturated rings. The lowest BCUT2D eigenvalue weighted by atomic mass is 9.84. The Balaban J connectivity index is 1.81. The molecule has 0 aliphatic heterocycles. The standard InChI is InChI=1S/C26H39NO/c1-3-5-11-17-27(18-12-6-4-2)20-26(28)25-19-21-13-7-8-14-22(21)23-15-9-10-16-24(23)25/h9-10,15-16,19,26,28H,3-8,11-14,17-18,20H2,1-2H3/t26-/m1/s1. The van der Waals surface area contributed by atoms with E-state index in [1.807, 2.05) is 0 Å². The number of aliphatic hydroxyl groups is 1. The summed E-state index contributed by atoms with van der Waals surface area (Å²) in [6, 6.07) is 11.1. The molecular weight excluding hydrogens is 342 g/mol. The Labute approximate surface area is 172 Å². The fourth-order valence-corrected chi connectivity index (χ4v) is 4.74. The lowest BCUT2D eigenvalue weighted by molar-refractivity contribution is 0.111. The lowest BCUT2D eigenvalue weighted by Gasteiger charge is -2.27. The van der Waals surface area contributed by atoms with E-state index in [2.05, 4.69) is 49.1 Å². The molecule has 154 valence electrons. The average Bonchev–Trinajstić information content (AvgIpc) is 2.73. The van der Waals surface area contributed by atoms with Gasteiger partial charge in [-0.2, -0.15) is 0 Å². The molecule has 0 heterocycles. The van der Waals surface area contributed by atoms with Gasteiger partial charge in [-0.15, -0.1) is 0 Å². The van der Waals surface area contributed by atoms with Crippen LogP contribution in [-0.4, -0.2) is 29.6 Å². The second-order valence-corrected chi connectivity index (χ2v) is 8.59. The molecule has 0 bridgehead atoms. The topological polar surface area (TPSA) is 23.5 Å². The fourth-order valence-electron chi connectivity index (χ4n) is 4.74. The van der Waals surface area contributed by atoms with Gasteiger partial charge < -0.3 is 10.0 Å². The van der Waals surface area contributed by atoms with E-state index in [4.69, 9.17) is 0 Å². The summed E-state index contributed by atoms with van der Waals surface area (Å²) >= 11 is 0. The second-order valence-electron chi connectivity index (χ2n) is 8.59. The van der Waals surface area contributed by atoms with Gasteiger partial charge in [-0.05, 0) is 79.1 Å². The molecule has 0 saturated carbocycles. The number of hydrogen-bond donors (Lipinski definition) is 1. The van der Waals surface area contributed by atoms with Crippen molar-refractivity contribution in [1.82, 2.24) is 4.90 Å². The highest BCUT2D eigenvalue weighted by atomic mass is 16.3. The van der Waals surface area contributed by atoms with Gasteiger partial charge in [0.2, 0.25) is 0 Å². The van der Waals surface area contributed by atoms with Crippen LogP contribution in [0.5, 0.6) is 0 Å². The normalized spacial score (nSPS) is 15.1. The maximum atomic E-state index is 11.3. The molecule has 1 atom stereocenters. The van der Waals surface area contributed by atoms with Gasteiger partial charge >= 0.3 is 0 Å². The van der Waals surface area contributed by atoms with Crippen LogP contribution in [0.1, 0.15) is 88.0 Å². The Morgan fingerprint density at radius 1 is 0.893 bits per heavy atom. The first kappa shape index (κ1) is 21.3. The molecule has 0 unspecified atom stereocenters. The minimum Gasteiger partial charge on any atom is -0.387 e. The summed E-state index contributed by atoms with van der Waals surface area (Å²) in [5, 5.41) is 13.9. The molecular formula is C26H39NO. The van der Waals surface area contributed by atoms with E-state index in [1.54, 1.807) is 0 Å². The molecule has 0 radical (unpaired) electrons. The molecule has 2 aromatic carbocycles. The molecule has 2 nitrogen and oxygen atoms in total. The Morgan fingerprint density at radius 2 is 1.54 bits per heavy atom. The summed E-state index contributed by atoms with van der Waals surface area (Å²) in [6.45, 7) is 7.50. The third-order valence-corrected chi connectivity index (χ3v) is 6.35. The van der Waals surface area contributed by atoms with Crippen molar-refractivity contribution >= 4 is 10.8 Å². The Morgan fingerprint density at radius 3 is 2.21 bits per heavy atom. The molecule has 2 heteroatoms. The number of unbranched alkanes of at least 4 members (excludes halogenated alkanes) is 4. The van der Waals surface area contributed by atoms with E-state index in [0.29, 0.717) is 0 Å². The van der Waals surface area contributed by atoms with E-state index >= 15 is 0 Å². The van der Waals surface area contributed by atoms with Gasteiger partial charge in [0.15, 0.2) is 0 Å². The maximum Gasteiger partial charge on any atom is 0.0923 e. The molecule has 0 spiro atoms. The smallest absolute Gasteiger partial charge is 0.0923 e. The predicted molar refractivity (Wildman–Crippen MR) is 121 cm³/mol. The molecule has 1 N–H and O–H groups in total. The first-order chi connectivity index (χ1) is 13.7. The first-order valence-electron chi connectivity index (χ1n) is 11.7. The highest BCUT2D eigenvalue weighted by Gasteiger charge is 2.20. The Hall–Kier alpha value is -1.38. The highest BCUT2D eigenvalue weighted by molar-refractivity contribution is 5.90. The first-order valence-corrected chi connectivity index (χ1v) is 11.7. The highest BCUT2D eigenvalue weighted by Crippen LogP contribution is 2.34. The van der Waals surface area contributed by atoms with Crippen molar-refractivity contribution in [2.45, 2.75) is 84.2 Å². The van der Waals surface area contributed by atoms with Crippen molar-refractivity contribution < 1.29 is 5.11 Å². The molecule has 1 aliphatic carbocycles. The summed E-state index contributed by atoms with van der Waals surface area (Å²) in [7, 11) is 0. The van der Waals surface area contributed by atoms with Gasteiger partial charge in [0, 0.05) is 6.54 Å². The third kappa shape index (κ3) is 5.36. The van der Waals surface area contributed by atoms with Crippen LogP contribution in [0, 0.1) is 0 Å². The van der Waals surface area contributed by atoms with Crippen molar-refractivity contribution in [2.24, 2.45) is 0 Å². The van der Waals surface area contributed by atoms with Crippen molar-refractivity contribution in [3.05, 3.63) is 47.0 Å². The van der Waals surface area contributed by atoms with Gasteiger partial charge in [-0.1, -0.05) is 69.9 Å². The molecule has 3 rings (SSSR count). The van der Waals surface area contributed by atoms with Crippen molar-refractivity contribution in [3.63, 3.8) is 0 Å². The van der Waals surface area contributed by atoms with Crippen LogP contribution in [0.3, 0.4) is 0 Å². The minimum absolute atomic E-state index is 0.402. The van der Waals surface area contributed by atoms with E-state index < -0.39 is 6.10 Å². The largest absolute Gasteiger partial charge is 0.387 e. The van der Waals surface area contributed by atoms with Gasteiger partial charge in [-0.25, -0.2) is 0 Å². The van der Waals surface area contributed by atoms with Gasteiger partial charge in [0.05, 0.1) is 6.10 Å². The second kappa shape index (κ2) is 11.0. The monoisotopic (exact) mass is 381 g/mol. The Bertz CT molecular complexity index is 729. The fraction of sp³-hybridized carbons (Fsp3) is 0.615. The van der Waals surface area contributed by atoms with Gasteiger partial charge in [0.25, 0.3) is 0 Å². The van der Waals surface area contributed by atoms with Crippen LogP contribution in [0.25, 0.3) is 10.8 Å². The van der Waals surface area contributed by atoms with Gasteiger partial charge in [-0.3, -0.25) is 0 Å². The summed E-state index contributed by atoms with van der Waals surface area (Å²) in [4.78, 5) is 2.50. The SMILES string of the molecule is CCCCCN(CCCCC)C[C@@H](O)c1cc2c(c3ccccc13)CCCC2. The van der Waals surface area contributed by atoms with Crippen molar-refractivity contribution in [3.8, 4) is 0 Å². The minimum atomic E-state index is -0.402. The summed E-state index contributed by atoms with van der Waals surface area (Å²) in [5.74, 6) is 0. The summed E-state index contributed by atoms with van der Waals surface area (Å²) < 4.78 is 0. The summed E-state index contributed by atoms with van der Waals surface area (Å²) in [6.07, 6.45) is 12.1. The van der Waals surface area contributed by atoms with Crippen LogP contribution in [0.15, 0.2) is 30.3 Å². The number of fused-ring (bicyclic) bond motifs is 3. The van der Waals surface area contributed by atoms with Crippen LogP contribution in [-0.2, 0) is 12.8 Å². The lowest BCUT2D eigenvalue weighted by Crippen LogP contribution is -2.31. The number of benzene rings is 2. The summed E-state index contributed by atoms with van der Waals surface area (Å²) in [5.41, 5.74) is 4.15. The maximum absolute atomic E-state index is 11.3. The molecule has 2 aromatic rings. The van der Waals surface area contributed by atoms with Crippen molar-refractivity contribution in [1.29, 1.82) is 0 Å². The van der Waals surface area contributed by atoms with E-state index in [1.165, 1.54) is 79.7 Å². The quantitative estimate of drug-likeness (QED) is 0.453.